The van der Waals surface area contributed by atoms with Crippen LogP contribution in [0.4, 0.5) is 14.5 Å². The van der Waals surface area contributed by atoms with E-state index in [0.717, 1.165) is 0 Å². The summed E-state index contributed by atoms with van der Waals surface area (Å²) in [6.07, 6.45) is 0. The smallest absolute Gasteiger partial charge is 0.387 e. The van der Waals surface area contributed by atoms with E-state index in [1.54, 1.807) is 11.0 Å². The molecule has 100 valence electrons. The molecule has 0 fully saturated rings. The second kappa shape index (κ2) is 4.34. The molecule has 1 aromatic carbocycles. The van der Waals surface area contributed by atoms with E-state index in [4.69, 9.17) is 11.6 Å². The minimum Gasteiger partial charge on any atom is -0.433 e. The van der Waals surface area contributed by atoms with Crippen molar-refractivity contribution in [1.82, 2.24) is 4.90 Å². The Morgan fingerprint density at radius 1 is 1.42 bits per heavy atom. The number of nitrogens with zero attached hydrogens (tertiary/aromatic N) is 2. The first-order chi connectivity index (χ1) is 9.04. The lowest BCUT2D eigenvalue weighted by Crippen LogP contribution is -2.37. The van der Waals surface area contributed by atoms with Crippen LogP contribution in [0.3, 0.4) is 0 Å². The molecule has 2 heterocycles. The molecule has 0 bridgehead atoms. The van der Waals surface area contributed by atoms with Crippen molar-refractivity contribution >= 4 is 29.2 Å². The third kappa shape index (κ3) is 2.10. The summed E-state index contributed by atoms with van der Waals surface area (Å²) in [6, 6.07) is 2.93. The fourth-order valence-corrected chi connectivity index (χ4v) is 2.34. The number of hydrogen-bond acceptors (Lipinski definition) is 4. The highest BCUT2D eigenvalue weighted by molar-refractivity contribution is 6.33. The van der Waals surface area contributed by atoms with Crippen LogP contribution in [0.1, 0.15) is 5.56 Å². The predicted octanol–water partition coefficient (Wildman–Crippen LogP) is 2.07. The number of nitrogens with one attached hydrogen (secondary N) is 1. The van der Waals surface area contributed by atoms with Crippen molar-refractivity contribution < 1.29 is 18.3 Å². The molecule has 19 heavy (non-hydrogen) atoms. The van der Waals surface area contributed by atoms with Crippen molar-refractivity contribution in [3.8, 4) is 5.75 Å². The summed E-state index contributed by atoms with van der Waals surface area (Å²) in [5, 5.41) is 3.05. The number of anilines is 1. The van der Waals surface area contributed by atoms with Crippen molar-refractivity contribution in [1.29, 1.82) is 0 Å². The SMILES string of the molecule is O=C1CN2Cc3c(ccc(OC(F)F)c3Cl)NC2=N1. The molecule has 8 heteroatoms. The number of benzene rings is 1. The van der Waals surface area contributed by atoms with Crippen molar-refractivity contribution in [2.75, 3.05) is 11.9 Å². The molecular weight excluding hydrogens is 280 g/mol. The van der Waals surface area contributed by atoms with E-state index in [-0.39, 0.29) is 23.2 Å². The molecule has 5 nitrogen and oxygen atoms in total. The maximum atomic E-state index is 12.2. The number of halogens is 3. The fraction of sp³-hybridized carbons (Fsp3) is 0.273. The third-order valence-electron chi connectivity index (χ3n) is 2.88. The Bertz CT molecular complexity index is 592. The molecule has 0 saturated heterocycles. The Morgan fingerprint density at radius 3 is 2.95 bits per heavy atom. The minimum absolute atomic E-state index is 0.0804. The van der Waals surface area contributed by atoms with Gasteiger partial charge < -0.3 is 15.0 Å². The highest BCUT2D eigenvalue weighted by Crippen LogP contribution is 2.37. The summed E-state index contributed by atoms with van der Waals surface area (Å²) in [5.41, 5.74) is 1.24. The van der Waals surface area contributed by atoms with Gasteiger partial charge in [-0.1, -0.05) is 11.6 Å². The molecule has 0 unspecified atom stereocenters. The number of ether oxygens (including phenoxy) is 1. The van der Waals surface area contributed by atoms with Crippen LogP contribution in [0, 0.1) is 0 Å². The molecule has 0 atom stereocenters. The maximum Gasteiger partial charge on any atom is 0.387 e. The van der Waals surface area contributed by atoms with E-state index < -0.39 is 6.61 Å². The number of amides is 1. The van der Waals surface area contributed by atoms with Crippen molar-refractivity contribution in [2.24, 2.45) is 4.99 Å². The Kier molecular flexibility index (Phi) is 2.78. The van der Waals surface area contributed by atoms with Gasteiger partial charge in [0.15, 0.2) is 0 Å². The standard InChI is InChI=1S/C11H8ClF2N3O2/c12-9-5-3-17-4-8(18)16-11(17)15-6(5)1-2-7(9)19-10(13)14/h1-2,10H,3-4H2,(H,15,16,18). The fourth-order valence-electron chi connectivity index (χ4n) is 2.07. The van der Waals surface area contributed by atoms with Crippen LogP contribution < -0.4 is 10.1 Å². The molecule has 0 aromatic heterocycles. The summed E-state index contributed by atoms with van der Waals surface area (Å²) in [4.78, 5) is 16.7. The largest absolute Gasteiger partial charge is 0.433 e. The van der Waals surface area contributed by atoms with Gasteiger partial charge in [-0.15, -0.1) is 0 Å². The first-order valence-corrected chi connectivity index (χ1v) is 5.82. The lowest BCUT2D eigenvalue weighted by Gasteiger charge is -2.28. The van der Waals surface area contributed by atoms with Gasteiger partial charge in [0.1, 0.15) is 12.3 Å². The summed E-state index contributed by atoms with van der Waals surface area (Å²) in [5.74, 6) is 0.120. The zero-order valence-corrected chi connectivity index (χ0v) is 10.2. The molecule has 2 aliphatic heterocycles. The summed E-state index contributed by atoms with van der Waals surface area (Å²) >= 11 is 6.05. The van der Waals surface area contributed by atoms with E-state index in [1.165, 1.54) is 6.07 Å². The second-order valence-electron chi connectivity index (χ2n) is 4.09. The Labute approximate surface area is 111 Å². The molecule has 1 aromatic rings. The van der Waals surface area contributed by atoms with E-state index in [9.17, 15) is 13.6 Å². The van der Waals surface area contributed by atoms with Gasteiger partial charge in [-0.3, -0.25) is 4.79 Å². The highest BCUT2D eigenvalue weighted by atomic mass is 35.5. The monoisotopic (exact) mass is 287 g/mol. The van der Waals surface area contributed by atoms with Crippen LogP contribution >= 0.6 is 11.6 Å². The lowest BCUT2D eigenvalue weighted by atomic mass is 10.1. The van der Waals surface area contributed by atoms with Gasteiger partial charge in [0.2, 0.25) is 5.96 Å². The molecule has 2 aliphatic rings. The first-order valence-electron chi connectivity index (χ1n) is 5.44. The van der Waals surface area contributed by atoms with Gasteiger partial charge >= 0.3 is 6.61 Å². The number of carbonyl (C=O) groups is 1. The number of fused-ring (bicyclic) bond motifs is 2. The van der Waals surface area contributed by atoms with Gasteiger partial charge in [-0.05, 0) is 12.1 Å². The maximum absolute atomic E-state index is 12.2. The molecular formula is C11H8ClF2N3O2. The average molecular weight is 288 g/mol. The van der Waals surface area contributed by atoms with E-state index in [0.29, 0.717) is 23.8 Å². The molecule has 3 rings (SSSR count). The van der Waals surface area contributed by atoms with Gasteiger partial charge in [0, 0.05) is 11.3 Å². The average Bonchev–Trinajstić information content (AvgIpc) is 2.69. The second-order valence-corrected chi connectivity index (χ2v) is 4.47. The zero-order chi connectivity index (χ0) is 13.6. The van der Waals surface area contributed by atoms with E-state index in [1.807, 2.05) is 0 Å². The van der Waals surface area contributed by atoms with Crippen LogP contribution in [-0.2, 0) is 11.3 Å². The predicted molar refractivity (Wildman–Crippen MR) is 64.6 cm³/mol. The van der Waals surface area contributed by atoms with Gasteiger partial charge in [0.25, 0.3) is 5.91 Å². The van der Waals surface area contributed by atoms with E-state index in [2.05, 4.69) is 15.0 Å². The summed E-state index contributed by atoms with van der Waals surface area (Å²) < 4.78 is 28.8. The lowest BCUT2D eigenvalue weighted by molar-refractivity contribution is -0.117. The minimum atomic E-state index is -2.93. The molecule has 0 spiro atoms. The van der Waals surface area contributed by atoms with Gasteiger partial charge in [-0.25, -0.2) is 0 Å². The topological polar surface area (TPSA) is 53.9 Å². The molecule has 0 radical (unpaired) electrons. The normalized spacial score (nSPS) is 16.9. The van der Waals surface area contributed by atoms with Gasteiger partial charge in [0.05, 0.1) is 11.6 Å². The summed E-state index contributed by atoms with van der Waals surface area (Å²) in [7, 11) is 0. The number of guanidine groups is 1. The number of aliphatic imine (C=N–C) groups is 1. The molecule has 0 saturated carbocycles. The first kappa shape index (κ1) is 12.2. The number of carbonyl (C=O) groups excluding carboxylic acids is 1. The Balaban J connectivity index is 1.96. The number of rotatable bonds is 2. The van der Waals surface area contributed by atoms with Crippen molar-refractivity contribution in [3.05, 3.63) is 22.7 Å². The Hall–Kier alpha value is -1.89. The highest BCUT2D eigenvalue weighted by Gasteiger charge is 2.30. The van der Waals surface area contributed by atoms with E-state index >= 15 is 0 Å². The third-order valence-corrected chi connectivity index (χ3v) is 3.29. The van der Waals surface area contributed by atoms with Crippen LogP contribution in [0.25, 0.3) is 0 Å². The Morgan fingerprint density at radius 2 is 2.21 bits per heavy atom. The van der Waals surface area contributed by atoms with Crippen molar-refractivity contribution in [2.45, 2.75) is 13.2 Å². The molecule has 1 N–H and O–H groups in total. The number of alkyl halides is 2. The van der Waals surface area contributed by atoms with Crippen LogP contribution in [0.5, 0.6) is 5.75 Å². The quantitative estimate of drug-likeness (QED) is 0.905. The van der Waals surface area contributed by atoms with Crippen LogP contribution in [-0.4, -0.2) is 29.9 Å². The van der Waals surface area contributed by atoms with Crippen LogP contribution in [0.15, 0.2) is 17.1 Å². The molecule has 0 aliphatic carbocycles. The zero-order valence-electron chi connectivity index (χ0n) is 9.49. The molecule has 1 amide bonds. The summed E-state index contributed by atoms with van der Waals surface area (Å²) in [6.45, 7) is -2.46. The van der Waals surface area contributed by atoms with Crippen molar-refractivity contribution in [3.63, 3.8) is 0 Å². The van der Waals surface area contributed by atoms with Gasteiger partial charge in [-0.2, -0.15) is 13.8 Å². The van der Waals surface area contributed by atoms with Crippen LogP contribution in [0.2, 0.25) is 5.02 Å². The number of hydrogen-bond donors (Lipinski definition) is 1.